The molecule has 0 aliphatic carbocycles. The summed E-state index contributed by atoms with van der Waals surface area (Å²) in [4.78, 5) is 11.8. The molecule has 0 atom stereocenters. The fourth-order valence-corrected chi connectivity index (χ4v) is 9.61. The largest absolute Gasteiger partial charge is 0.356 e. The second kappa shape index (κ2) is 10.6. The van der Waals surface area contributed by atoms with Crippen molar-refractivity contribution in [3.8, 4) is 0 Å². The molecule has 0 radical (unpaired) electrons. The number of hydrogen-bond acceptors (Lipinski definition) is 8. The third-order valence-corrected chi connectivity index (χ3v) is 10.6. The zero-order valence-corrected chi connectivity index (χ0v) is 19.2. The Morgan fingerprint density at radius 3 is 1.08 bits per heavy atom. The van der Waals surface area contributed by atoms with Crippen molar-refractivity contribution < 1.29 is 32.0 Å². The molecule has 0 fully saturated rings. The topological polar surface area (TPSA) is 88.1 Å². The highest BCUT2D eigenvalue weighted by Crippen LogP contribution is 2.75. The van der Waals surface area contributed by atoms with Crippen molar-refractivity contribution in [3.05, 3.63) is 0 Å². The van der Waals surface area contributed by atoms with Crippen LogP contribution in [-0.4, -0.2) is 34.3 Å². The van der Waals surface area contributed by atoms with Gasteiger partial charge in [-0.15, -0.1) is 0 Å². The number of rotatable bonds is 11. The van der Waals surface area contributed by atoms with E-state index in [-0.39, 0.29) is 5.12 Å². The standard InChI is InChI=1S/C15H32O7P2S/c1-10(2)19-23(17,20-11(3)4)15(25-14(9)16)24(18,21-12(5)6)22-13(7)8/h10-13,15H,1-9H3. The van der Waals surface area contributed by atoms with Gasteiger partial charge in [0.2, 0.25) is 4.73 Å². The molecule has 0 amide bonds. The van der Waals surface area contributed by atoms with Crippen LogP contribution in [0.4, 0.5) is 0 Å². The van der Waals surface area contributed by atoms with Gasteiger partial charge in [0, 0.05) is 6.92 Å². The summed E-state index contributed by atoms with van der Waals surface area (Å²) in [6.45, 7) is 14.8. The molecular weight excluding hydrogens is 386 g/mol. The van der Waals surface area contributed by atoms with Gasteiger partial charge >= 0.3 is 15.2 Å². The molecule has 10 heteroatoms. The molecule has 0 N–H and O–H groups in total. The maximum Gasteiger partial charge on any atom is 0.356 e. The summed E-state index contributed by atoms with van der Waals surface area (Å²) >= 11 is 0.616. The van der Waals surface area contributed by atoms with Gasteiger partial charge in [-0.05, 0) is 55.4 Å². The normalized spacial score (nSPS) is 13.7. The van der Waals surface area contributed by atoms with E-state index in [9.17, 15) is 13.9 Å². The molecule has 0 aromatic heterocycles. The van der Waals surface area contributed by atoms with E-state index in [0.717, 1.165) is 0 Å². The van der Waals surface area contributed by atoms with E-state index < -0.39 is 44.3 Å². The number of carbonyl (C=O) groups excluding carboxylic acids is 1. The highest BCUT2D eigenvalue weighted by Gasteiger charge is 2.54. The average molecular weight is 418 g/mol. The van der Waals surface area contributed by atoms with Gasteiger partial charge in [-0.25, -0.2) is 0 Å². The minimum atomic E-state index is -4.00. The summed E-state index contributed by atoms with van der Waals surface area (Å²) in [6, 6.07) is 0. The Balaban J connectivity index is 6.22. The summed E-state index contributed by atoms with van der Waals surface area (Å²) in [6.07, 6.45) is -1.87. The molecule has 0 spiro atoms. The van der Waals surface area contributed by atoms with Gasteiger partial charge in [-0.3, -0.25) is 13.9 Å². The minimum absolute atomic E-state index is 0.384. The Hall–Kier alpha value is 0.320. The summed E-state index contributed by atoms with van der Waals surface area (Å²) in [5, 5.41) is -0.384. The van der Waals surface area contributed by atoms with Crippen molar-refractivity contribution in [2.45, 2.75) is 91.5 Å². The van der Waals surface area contributed by atoms with E-state index in [1.165, 1.54) is 6.92 Å². The van der Waals surface area contributed by atoms with Crippen molar-refractivity contribution in [1.82, 2.24) is 0 Å². The first-order valence-electron chi connectivity index (χ1n) is 8.32. The molecule has 0 aromatic rings. The van der Waals surface area contributed by atoms with Gasteiger partial charge in [0.25, 0.3) is 0 Å². The van der Waals surface area contributed by atoms with Crippen molar-refractivity contribution in [2.24, 2.45) is 0 Å². The first-order valence-corrected chi connectivity index (χ1v) is 12.4. The second-order valence-corrected chi connectivity index (χ2v) is 13.1. The lowest BCUT2D eigenvalue weighted by Crippen LogP contribution is -2.22. The maximum absolute atomic E-state index is 13.5. The lowest BCUT2D eigenvalue weighted by Gasteiger charge is -2.34. The van der Waals surface area contributed by atoms with Crippen LogP contribution in [0.15, 0.2) is 0 Å². The highest BCUT2D eigenvalue weighted by molar-refractivity contribution is 8.22. The Morgan fingerprint density at radius 1 is 0.680 bits per heavy atom. The van der Waals surface area contributed by atoms with Crippen molar-refractivity contribution in [2.75, 3.05) is 0 Å². The molecule has 0 bridgehead atoms. The first-order chi connectivity index (χ1) is 11.2. The summed E-state index contributed by atoms with van der Waals surface area (Å²) < 4.78 is 47.9. The highest BCUT2D eigenvalue weighted by atomic mass is 32.2. The summed E-state index contributed by atoms with van der Waals surface area (Å²) in [7, 11) is -8.00. The van der Waals surface area contributed by atoms with Gasteiger partial charge < -0.3 is 18.1 Å². The Bertz CT molecular complexity index is 454. The number of hydrogen-bond donors (Lipinski definition) is 0. The van der Waals surface area contributed by atoms with Crippen molar-refractivity contribution >= 4 is 32.1 Å². The van der Waals surface area contributed by atoms with Gasteiger partial charge in [0.1, 0.15) is 0 Å². The van der Waals surface area contributed by atoms with Crippen LogP contribution in [0.1, 0.15) is 62.3 Å². The number of carbonyl (C=O) groups is 1. The van der Waals surface area contributed by atoms with E-state index in [1.54, 1.807) is 55.4 Å². The fraction of sp³-hybridized carbons (Fsp3) is 0.933. The molecule has 25 heavy (non-hydrogen) atoms. The van der Waals surface area contributed by atoms with E-state index in [2.05, 4.69) is 0 Å². The molecular formula is C15H32O7P2S. The fourth-order valence-electron chi connectivity index (χ4n) is 1.88. The van der Waals surface area contributed by atoms with Gasteiger partial charge in [-0.2, -0.15) is 0 Å². The van der Waals surface area contributed by atoms with E-state index >= 15 is 0 Å². The van der Waals surface area contributed by atoms with Crippen LogP contribution in [0.25, 0.3) is 0 Å². The van der Waals surface area contributed by atoms with Crippen LogP contribution >= 0.6 is 27.0 Å². The Morgan fingerprint density at radius 2 is 0.920 bits per heavy atom. The number of thioether (sulfide) groups is 1. The van der Waals surface area contributed by atoms with Crippen LogP contribution in [0.2, 0.25) is 0 Å². The molecule has 0 heterocycles. The van der Waals surface area contributed by atoms with Gasteiger partial charge in [-0.1, -0.05) is 11.8 Å². The van der Waals surface area contributed by atoms with Crippen LogP contribution in [0, 0.1) is 0 Å². The maximum atomic E-state index is 13.5. The third kappa shape index (κ3) is 9.18. The first kappa shape index (κ1) is 25.3. The molecule has 0 saturated carbocycles. The SMILES string of the molecule is CC(=O)SC(P(=O)(OC(C)C)OC(C)C)P(=O)(OC(C)C)OC(C)C. The molecule has 7 nitrogen and oxygen atoms in total. The molecule has 0 aliphatic rings. The minimum Gasteiger partial charge on any atom is -0.305 e. The van der Waals surface area contributed by atoms with Crippen molar-refractivity contribution in [3.63, 3.8) is 0 Å². The zero-order chi connectivity index (χ0) is 20.0. The smallest absolute Gasteiger partial charge is 0.305 e. The monoisotopic (exact) mass is 418 g/mol. The molecule has 0 aromatic carbocycles. The third-order valence-electron chi connectivity index (χ3n) is 2.24. The molecule has 0 saturated heterocycles. The second-order valence-electron chi connectivity index (χ2n) is 6.63. The van der Waals surface area contributed by atoms with Crippen LogP contribution in [0.3, 0.4) is 0 Å². The molecule has 0 rings (SSSR count). The quantitative estimate of drug-likeness (QED) is 0.399. The van der Waals surface area contributed by atoms with Gasteiger partial charge in [0.05, 0.1) is 24.4 Å². The summed E-state index contributed by atoms with van der Waals surface area (Å²) in [5.74, 6) is 0. The Labute approximate surface area is 156 Å². The Kier molecular flexibility index (Phi) is 10.7. The van der Waals surface area contributed by atoms with Crippen LogP contribution < -0.4 is 0 Å². The average Bonchev–Trinajstić information content (AvgIpc) is 2.30. The zero-order valence-electron chi connectivity index (χ0n) is 16.5. The lowest BCUT2D eigenvalue weighted by atomic mass is 10.5. The predicted molar refractivity (Wildman–Crippen MR) is 102 cm³/mol. The van der Waals surface area contributed by atoms with E-state index in [4.69, 9.17) is 18.1 Å². The lowest BCUT2D eigenvalue weighted by molar-refractivity contribution is -0.109. The van der Waals surface area contributed by atoms with Crippen LogP contribution in [-0.2, 0) is 32.0 Å². The molecule has 0 unspecified atom stereocenters. The van der Waals surface area contributed by atoms with E-state index in [0.29, 0.717) is 11.8 Å². The summed E-state index contributed by atoms with van der Waals surface area (Å²) in [5.41, 5.74) is 0. The molecule has 0 aliphatic heterocycles. The van der Waals surface area contributed by atoms with E-state index in [1.807, 2.05) is 0 Å². The predicted octanol–water partition coefficient (Wildman–Crippen LogP) is 5.64. The van der Waals surface area contributed by atoms with Crippen molar-refractivity contribution in [1.29, 1.82) is 0 Å². The van der Waals surface area contributed by atoms with Gasteiger partial charge in [0.15, 0.2) is 5.12 Å². The molecule has 150 valence electrons. The van der Waals surface area contributed by atoms with Crippen LogP contribution in [0.5, 0.6) is 0 Å².